The van der Waals surface area contributed by atoms with Gasteiger partial charge in [-0.2, -0.15) is 0 Å². The maximum Gasteiger partial charge on any atom is 0.193 e. The lowest BCUT2D eigenvalue weighted by atomic mass is 10.0. The van der Waals surface area contributed by atoms with Crippen molar-refractivity contribution < 1.29 is 9.18 Å². The van der Waals surface area contributed by atoms with Crippen LogP contribution in [0.2, 0.25) is 5.02 Å². The van der Waals surface area contributed by atoms with Crippen LogP contribution in [0.15, 0.2) is 42.5 Å². The van der Waals surface area contributed by atoms with Crippen molar-refractivity contribution in [2.45, 2.75) is 5.33 Å². The van der Waals surface area contributed by atoms with Crippen molar-refractivity contribution in [3.8, 4) is 0 Å². The number of hydrogen-bond acceptors (Lipinski definition) is 1. The van der Waals surface area contributed by atoms with Crippen LogP contribution in [0, 0.1) is 5.82 Å². The summed E-state index contributed by atoms with van der Waals surface area (Å²) in [5, 5.41) is 0.987. The van der Waals surface area contributed by atoms with Crippen LogP contribution < -0.4 is 0 Å². The zero-order valence-corrected chi connectivity index (χ0v) is 11.6. The Morgan fingerprint density at radius 1 is 1.11 bits per heavy atom. The summed E-state index contributed by atoms with van der Waals surface area (Å²) in [6, 6.07) is 11.0. The molecule has 18 heavy (non-hydrogen) atoms. The predicted octanol–water partition coefficient (Wildman–Crippen LogP) is 4.61. The minimum absolute atomic E-state index is 0.216. The second-order valence-corrected chi connectivity index (χ2v) is 4.77. The van der Waals surface area contributed by atoms with Gasteiger partial charge in [-0.05, 0) is 35.9 Å². The molecule has 0 heterocycles. The maximum atomic E-state index is 13.6. The minimum atomic E-state index is -0.383. The normalized spacial score (nSPS) is 10.4. The number of rotatable bonds is 3. The highest BCUT2D eigenvalue weighted by Crippen LogP contribution is 2.17. The molecular weight excluding hydrogens is 319 g/mol. The highest BCUT2D eigenvalue weighted by molar-refractivity contribution is 9.08. The third-order valence-corrected chi connectivity index (χ3v) is 3.42. The van der Waals surface area contributed by atoms with E-state index in [1.807, 2.05) is 0 Å². The Kier molecular flexibility index (Phi) is 4.15. The second-order valence-electron chi connectivity index (χ2n) is 3.78. The summed E-state index contributed by atoms with van der Waals surface area (Å²) in [6.45, 7) is 0. The van der Waals surface area contributed by atoms with Crippen LogP contribution in [-0.4, -0.2) is 5.78 Å². The van der Waals surface area contributed by atoms with Gasteiger partial charge in [0.2, 0.25) is 0 Å². The van der Waals surface area contributed by atoms with Crippen LogP contribution in [0.4, 0.5) is 4.39 Å². The van der Waals surface area contributed by atoms with E-state index in [4.69, 9.17) is 11.6 Å². The molecule has 0 aromatic heterocycles. The molecule has 92 valence electrons. The van der Waals surface area contributed by atoms with Gasteiger partial charge < -0.3 is 0 Å². The van der Waals surface area contributed by atoms with Crippen LogP contribution in [0.3, 0.4) is 0 Å². The molecule has 4 heteroatoms. The Morgan fingerprint density at radius 3 is 2.28 bits per heavy atom. The highest BCUT2D eigenvalue weighted by Gasteiger charge is 2.11. The van der Waals surface area contributed by atoms with Crippen molar-refractivity contribution in [3.63, 3.8) is 0 Å². The summed E-state index contributed by atoms with van der Waals surface area (Å²) < 4.78 is 13.6. The maximum absolute atomic E-state index is 13.6. The Hall–Kier alpha value is -1.19. The molecule has 0 saturated heterocycles. The summed E-state index contributed by atoms with van der Waals surface area (Å²) >= 11 is 8.93. The Bertz CT molecular complexity index is 581. The van der Waals surface area contributed by atoms with Crippen molar-refractivity contribution in [1.29, 1.82) is 0 Å². The number of hydrogen-bond donors (Lipinski definition) is 0. The fraction of sp³-hybridized carbons (Fsp3) is 0.0714. The fourth-order valence-corrected chi connectivity index (χ4v) is 2.15. The largest absolute Gasteiger partial charge is 0.289 e. The van der Waals surface area contributed by atoms with Crippen molar-refractivity contribution in [2.24, 2.45) is 0 Å². The zero-order valence-electron chi connectivity index (χ0n) is 9.29. The highest BCUT2D eigenvalue weighted by atomic mass is 79.9. The lowest BCUT2D eigenvalue weighted by Gasteiger charge is -2.04. The van der Waals surface area contributed by atoms with Gasteiger partial charge in [0, 0.05) is 21.5 Å². The number of carbonyl (C=O) groups excluding carboxylic acids is 1. The van der Waals surface area contributed by atoms with Gasteiger partial charge in [0.1, 0.15) is 5.82 Å². The number of benzene rings is 2. The smallest absolute Gasteiger partial charge is 0.193 e. The average molecular weight is 328 g/mol. The van der Waals surface area contributed by atoms with Crippen LogP contribution in [0.5, 0.6) is 0 Å². The molecule has 0 unspecified atom stereocenters. The molecule has 0 fully saturated rings. The number of halogens is 3. The first-order valence-electron chi connectivity index (χ1n) is 5.26. The molecule has 0 spiro atoms. The van der Waals surface area contributed by atoms with Crippen LogP contribution in [-0.2, 0) is 5.33 Å². The molecule has 0 amide bonds. The number of alkyl halides is 1. The molecule has 0 bridgehead atoms. The standard InChI is InChI=1S/C14H9BrClFO/c15-8-11-2-1-10(7-13(11)17)14(18)9-3-5-12(16)6-4-9/h1-7H,8H2. The lowest BCUT2D eigenvalue weighted by molar-refractivity contribution is 0.103. The van der Waals surface area contributed by atoms with Gasteiger partial charge in [-0.3, -0.25) is 4.79 Å². The Balaban J connectivity index is 2.34. The minimum Gasteiger partial charge on any atom is -0.289 e. The molecule has 1 nitrogen and oxygen atoms in total. The summed E-state index contributed by atoms with van der Waals surface area (Å²) in [5.41, 5.74) is 1.35. The van der Waals surface area contributed by atoms with E-state index >= 15 is 0 Å². The van der Waals surface area contributed by atoms with Crippen LogP contribution in [0.1, 0.15) is 21.5 Å². The van der Waals surface area contributed by atoms with E-state index in [1.54, 1.807) is 36.4 Å². The van der Waals surface area contributed by atoms with Crippen molar-refractivity contribution >= 4 is 33.3 Å². The van der Waals surface area contributed by atoms with Gasteiger partial charge in [-0.1, -0.05) is 39.7 Å². The second kappa shape index (κ2) is 5.63. The number of carbonyl (C=O) groups is 1. The van der Waals surface area contributed by atoms with Gasteiger partial charge in [0.15, 0.2) is 5.78 Å². The molecule has 0 N–H and O–H groups in total. The molecule has 0 aliphatic heterocycles. The van der Waals surface area contributed by atoms with E-state index in [-0.39, 0.29) is 11.6 Å². The molecule has 2 aromatic rings. The molecule has 2 rings (SSSR count). The first kappa shape index (κ1) is 13.2. The monoisotopic (exact) mass is 326 g/mol. The van der Waals surface area contributed by atoms with E-state index in [0.717, 1.165) is 0 Å². The average Bonchev–Trinajstić information content (AvgIpc) is 2.38. The topological polar surface area (TPSA) is 17.1 Å². The summed E-state index contributed by atoms with van der Waals surface area (Å²) in [7, 11) is 0. The van der Waals surface area contributed by atoms with Crippen LogP contribution >= 0.6 is 27.5 Å². The van der Waals surface area contributed by atoms with Gasteiger partial charge in [0.25, 0.3) is 0 Å². The van der Waals surface area contributed by atoms with Gasteiger partial charge in [0.05, 0.1) is 0 Å². The molecule has 2 aromatic carbocycles. The summed E-state index contributed by atoms with van der Waals surface area (Å²) in [6.07, 6.45) is 0. The first-order valence-corrected chi connectivity index (χ1v) is 6.76. The summed E-state index contributed by atoms with van der Waals surface area (Å²) in [5.74, 6) is -0.599. The van der Waals surface area contributed by atoms with Gasteiger partial charge in [-0.15, -0.1) is 0 Å². The van der Waals surface area contributed by atoms with Gasteiger partial charge in [-0.25, -0.2) is 4.39 Å². The lowest BCUT2D eigenvalue weighted by Crippen LogP contribution is -2.02. The fourth-order valence-electron chi connectivity index (χ4n) is 1.56. The van der Waals surface area contributed by atoms with Crippen LogP contribution in [0.25, 0.3) is 0 Å². The van der Waals surface area contributed by atoms with Crippen molar-refractivity contribution in [3.05, 3.63) is 70.0 Å². The molecular formula is C14H9BrClFO. The first-order chi connectivity index (χ1) is 8.61. The molecule has 0 aliphatic carbocycles. The quantitative estimate of drug-likeness (QED) is 0.594. The third kappa shape index (κ3) is 2.79. The molecule has 0 radical (unpaired) electrons. The SMILES string of the molecule is O=C(c1ccc(Cl)cc1)c1ccc(CBr)c(F)c1. The Labute approximate surface area is 118 Å². The predicted molar refractivity (Wildman–Crippen MR) is 73.9 cm³/mol. The van der Waals surface area contributed by atoms with E-state index in [9.17, 15) is 9.18 Å². The van der Waals surface area contributed by atoms with Gasteiger partial charge >= 0.3 is 0 Å². The van der Waals surface area contributed by atoms with Crippen molar-refractivity contribution in [2.75, 3.05) is 0 Å². The van der Waals surface area contributed by atoms with E-state index in [0.29, 0.717) is 27.0 Å². The van der Waals surface area contributed by atoms with E-state index in [1.165, 1.54) is 6.07 Å². The van der Waals surface area contributed by atoms with E-state index in [2.05, 4.69) is 15.9 Å². The molecule has 0 aliphatic rings. The Morgan fingerprint density at radius 2 is 1.72 bits per heavy atom. The van der Waals surface area contributed by atoms with E-state index < -0.39 is 0 Å². The zero-order chi connectivity index (χ0) is 13.1. The molecule has 0 atom stereocenters. The summed E-state index contributed by atoms with van der Waals surface area (Å²) in [4.78, 5) is 12.1. The molecule has 0 saturated carbocycles. The number of ketones is 1. The third-order valence-electron chi connectivity index (χ3n) is 2.57. The van der Waals surface area contributed by atoms with Crippen molar-refractivity contribution in [1.82, 2.24) is 0 Å².